The monoisotopic (exact) mass is 371 g/mol. The van der Waals surface area contributed by atoms with E-state index in [4.69, 9.17) is 0 Å². The molecule has 0 amide bonds. The van der Waals surface area contributed by atoms with Gasteiger partial charge in [-0.05, 0) is 48.1 Å². The van der Waals surface area contributed by atoms with Crippen molar-refractivity contribution in [1.29, 1.82) is 0 Å². The Hall–Kier alpha value is -3.08. The maximum Gasteiger partial charge on any atom is 0.140 e. The Labute approximate surface area is 165 Å². The number of fused-ring (bicyclic) bond motifs is 1. The summed E-state index contributed by atoms with van der Waals surface area (Å²) in [7, 11) is 0. The van der Waals surface area contributed by atoms with Crippen LogP contribution in [0.2, 0.25) is 0 Å². The van der Waals surface area contributed by atoms with E-state index in [0.29, 0.717) is 0 Å². The molecule has 4 aromatic rings. The SMILES string of the molecule is CC1CCN(c2ccc(Cc3ccc(-c4cn[nH]c4)n4ccnc34)cc2)CC1. The molecule has 4 heterocycles. The molecular formula is C23H25N5. The van der Waals surface area contributed by atoms with Crippen molar-refractivity contribution in [3.63, 3.8) is 0 Å². The summed E-state index contributed by atoms with van der Waals surface area (Å²) >= 11 is 0. The Bertz CT molecular complexity index is 1050. The molecule has 0 spiro atoms. The third kappa shape index (κ3) is 3.17. The van der Waals surface area contributed by atoms with E-state index >= 15 is 0 Å². The number of H-pyrrole nitrogens is 1. The van der Waals surface area contributed by atoms with E-state index < -0.39 is 0 Å². The minimum absolute atomic E-state index is 0.859. The lowest BCUT2D eigenvalue weighted by molar-refractivity contribution is 0.438. The van der Waals surface area contributed by atoms with Crippen molar-refractivity contribution in [3.8, 4) is 11.3 Å². The summed E-state index contributed by atoms with van der Waals surface area (Å²) in [5.41, 5.74) is 7.06. The molecule has 5 rings (SSSR count). The van der Waals surface area contributed by atoms with Crippen molar-refractivity contribution in [2.45, 2.75) is 26.2 Å². The molecule has 5 nitrogen and oxygen atoms in total. The molecule has 28 heavy (non-hydrogen) atoms. The number of rotatable bonds is 4. The van der Waals surface area contributed by atoms with Gasteiger partial charge >= 0.3 is 0 Å². The van der Waals surface area contributed by atoms with Crippen molar-refractivity contribution in [2.24, 2.45) is 5.92 Å². The fourth-order valence-electron chi connectivity index (χ4n) is 4.15. The minimum Gasteiger partial charge on any atom is -0.372 e. The van der Waals surface area contributed by atoms with Gasteiger partial charge in [-0.2, -0.15) is 5.10 Å². The molecule has 142 valence electrons. The van der Waals surface area contributed by atoms with E-state index in [1.165, 1.54) is 42.7 Å². The number of imidazole rings is 1. The van der Waals surface area contributed by atoms with Crippen molar-refractivity contribution in [3.05, 3.63) is 72.3 Å². The van der Waals surface area contributed by atoms with Crippen molar-refractivity contribution in [1.82, 2.24) is 19.6 Å². The normalized spacial score (nSPS) is 15.4. The first-order valence-corrected chi connectivity index (χ1v) is 10.1. The summed E-state index contributed by atoms with van der Waals surface area (Å²) < 4.78 is 2.14. The first kappa shape index (κ1) is 17.0. The van der Waals surface area contributed by atoms with Gasteiger partial charge in [-0.15, -0.1) is 0 Å². The van der Waals surface area contributed by atoms with Crippen LogP contribution in [0.25, 0.3) is 16.9 Å². The van der Waals surface area contributed by atoms with E-state index in [9.17, 15) is 0 Å². The number of nitrogens with one attached hydrogen (secondary N) is 1. The Morgan fingerprint density at radius 1 is 1.07 bits per heavy atom. The lowest BCUT2D eigenvalue weighted by Crippen LogP contribution is -2.32. The predicted octanol–water partition coefficient (Wildman–Crippen LogP) is 4.55. The third-order valence-electron chi connectivity index (χ3n) is 5.90. The highest BCUT2D eigenvalue weighted by Gasteiger charge is 2.16. The summed E-state index contributed by atoms with van der Waals surface area (Å²) in [5, 5.41) is 6.95. The van der Waals surface area contributed by atoms with Gasteiger partial charge in [-0.3, -0.25) is 9.50 Å². The second-order valence-electron chi connectivity index (χ2n) is 7.86. The fourth-order valence-corrected chi connectivity index (χ4v) is 4.15. The smallest absolute Gasteiger partial charge is 0.140 e. The second kappa shape index (κ2) is 7.15. The highest BCUT2D eigenvalue weighted by molar-refractivity contribution is 5.65. The third-order valence-corrected chi connectivity index (χ3v) is 5.90. The van der Waals surface area contributed by atoms with Crippen LogP contribution in [0.3, 0.4) is 0 Å². The van der Waals surface area contributed by atoms with Crippen LogP contribution in [0, 0.1) is 5.92 Å². The average Bonchev–Trinajstić information content (AvgIpc) is 3.42. The number of pyridine rings is 1. The molecule has 1 aliphatic rings. The minimum atomic E-state index is 0.859. The standard InChI is InChI=1S/C23H25N5/c1-17-8-11-27(12-9-17)21-5-2-18(3-6-21)14-19-4-7-22(20-15-25-26-16-20)28-13-10-24-23(19)28/h2-7,10,13,15-17H,8-9,11-12,14H2,1H3,(H,25,26). The molecule has 1 aliphatic heterocycles. The van der Waals surface area contributed by atoms with Gasteiger partial charge in [0.15, 0.2) is 0 Å². The van der Waals surface area contributed by atoms with E-state index in [1.807, 2.05) is 24.8 Å². The average molecular weight is 371 g/mol. The number of aromatic amines is 1. The number of nitrogens with zero attached hydrogens (tertiary/aromatic N) is 4. The number of anilines is 1. The summed E-state index contributed by atoms with van der Waals surface area (Å²) in [6, 6.07) is 13.4. The molecule has 0 aliphatic carbocycles. The molecule has 1 N–H and O–H groups in total. The van der Waals surface area contributed by atoms with Crippen LogP contribution < -0.4 is 4.90 Å². The molecule has 0 unspecified atom stereocenters. The number of hydrogen-bond donors (Lipinski definition) is 1. The molecule has 1 fully saturated rings. The van der Waals surface area contributed by atoms with Crippen molar-refractivity contribution >= 4 is 11.3 Å². The van der Waals surface area contributed by atoms with E-state index in [2.05, 4.69) is 67.8 Å². The largest absolute Gasteiger partial charge is 0.372 e. The zero-order valence-electron chi connectivity index (χ0n) is 16.2. The number of benzene rings is 1. The highest BCUT2D eigenvalue weighted by Crippen LogP contribution is 2.26. The Kier molecular flexibility index (Phi) is 4.35. The van der Waals surface area contributed by atoms with E-state index in [-0.39, 0.29) is 0 Å². The van der Waals surface area contributed by atoms with Crippen LogP contribution in [0.1, 0.15) is 30.9 Å². The van der Waals surface area contributed by atoms with E-state index in [1.54, 1.807) is 0 Å². The summed E-state index contributed by atoms with van der Waals surface area (Å²) in [6.45, 7) is 4.70. The van der Waals surface area contributed by atoms with Gasteiger partial charge in [0.2, 0.25) is 0 Å². The van der Waals surface area contributed by atoms with Gasteiger partial charge in [-0.1, -0.05) is 25.1 Å². The lowest BCUT2D eigenvalue weighted by atomic mass is 9.98. The van der Waals surface area contributed by atoms with Gasteiger partial charge in [0.25, 0.3) is 0 Å². The first-order valence-electron chi connectivity index (χ1n) is 10.1. The number of aromatic nitrogens is 4. The molecule has 5 heteroatoms. The molecule has 0 atom stereocenters. The lowest BCUT2D eigenvalue weighted by Gasteiger charge is -2.32. The first-order chi connectivity index (χ1) is 13.8. The second-order valence-corrected chi connectivity index (χ2v) is 7.86. The predicted molar refractivity (Wildman–Crippen MR) is 113 cm³/mol. The molecule has 3 aromatic heterocycles. The topological polar surface area (TPSA) is 49.2 Å². The van der Waals surface area contributed by atoms with Gasteiger partial charge in [0, 0.05) is 49.4 Å². The highest BCUT2D eigenvalue weighted by atomic mass is 15.1. The maximum absolute atomic E-state index is 4.61. The maximum atomic E-state index is 4.61. The Balaban J connectivity index is 1.38. The van der Waals surface area contributed by atoms with Crippen LogP contribution in [0.4, 0.5) is 5.69 Å². The van der Waals surface area contributed by atoms with Gasteiger partial charge in [-0.25, -0.2) is 4.98 Å². The van der Waals surface area contributed by atoms with Crippen LogP contribution in [-0.4, -0.2) is 32.7 Å². The zero-order valence-corrected chi connectivity index (χ0v) is 16.2. The van der Waals surface area contributed by atoms with E-state index in [0.717, 1.165) is 29.2 Å². The number of hydrogen-bond acceptors (Lipinski definition) is 3. The summed E-state index contributed by atoms with van der Waals surface area (Å²) in [6.07, 6.45) is 11.1. The molecule has 1 aromatic carbocycles. The molecule has 0 bridgehead atoms. The van der Waals surface area contributed by atoms with Gasteiger partial charge < -0.3 is 4.90 Å². The van der Waals surface area contributed by atoms with Gasteiger partial charge in [0.1, 0.15) is 5.65 Å². The molecule has 0 radical (unpaired) electrons. The Morgan fingerprint density at radius 2 is 1.89 bits per heavy atom. The van der Waals surface area contributed by atoms with Crippen LogP contribution in [0.15, 0.2) is 61.2 Å². The fraction of sp³-hybridized carbons (Fsp3) is 0.304. The molecular weight excluding hydrogens is 346 g/mol. The molecule has 0 saturated carbocycles. The van der Waals surface area contributed by atoms with Crippen molar-refractivity contribution in [2.75, 3.05) is 18.0 Å². The van der Waals surface area contributed by atoms with Crippen LogP contribution >= 0.6 is 0 Å². The van der Waals surface area contributed by atoms with Crippen LogP contribution in [-0.2, 0) is 6.42 Å². The van der Waals surface area contributed by atoms with Gasteiger partial charge in [0.05, 0.1) is 11.9 Å². The van der Waals surface area contributed by atoms with Crippen molar-refractivity contribution < 1.29 is 0 Å². The summed E-state index contributed by atoms with van der Waals surface area (Å²) in [5.74, 6) is 0.859. The molecule has 1 saturated heterocycles. The summed E-state index contributed by atoms with van der Waals surface area (Å²) in [4.78, 5) is 7.12. The number of piperidine rings is 1. The van der Waals surface area contributed by atoms with Crippen LogP contribution in [0.5, 0.6) is 0 Å². The quantitative estimate of drug-likeness (QED) is 0.572. The Morgan fingerprint density at radius 3 is 2.64 bits per heavy atom. The zero-order chi connectivity index (χ0) is 18.9.